The number of amides is 4. The number of carbonyl (C=O) groups excluding carboxylic acids is 4. The summed E-state index contributed by atoms with van der Waals surface area (Å²) in [4.78, 5) is 67.7. The zero-order valence-electron chi connectivity index (χ0n) is 31.4. The highest BCUT2D eigenvalue weighted by atomic mass is 35.5. The second-order valence-electron chi connectivity index (χ2n) is 13.6. The molecule has 2 heterocycles. The molecule has 2 aromatic heterocycles. The Hall–Kier alpha value is -5.18. The molecule has 0 aliphatic carbocycles. The van der Waals surface area contributed by atoms with E-state index in [0.29, 0.717) is 32.2 Å². The molecule has 3 atom stereocenters. The van der Waals surface area contributed by atoms with Crippen LogP contribution in [0.2, 0.25) is 5.02 Å². The molecule has 17 heteroatoms. The van der Waals surface area contributed by atoms with Gasteiger partial charge in [-0.15, -0.1) is 0 Å². The average Bonchev–Trinajstić information content (AvgIpc) is 3.80. The van der Waals surface area contributed by atoms with Gasteiger partial charge in [0, 0.05) is 60.7 Å². The van der Waals surface area contributed by atoms with Crippen molar-refractivity contribution in [2.24, 2.45) is 5.73 Å². The maximum absolute atomic E-state index is 13.4. The van der Waals surface area contributed by atoms with Gasteiger partial charge in [0.05, 0.1) is 24.2 Å². The quantitative estimate of drug-likeness (QED) is 0.0334. The van der Waals surface area contributed by atoms with Crippen LogP contribution in [-0.4, -0.2) is 76.8 Å². The molecule has 0 aliphatic heterocycles. The summed E-state index contributed by atoms with van der Waals surface area (Å²) < 4.78 is 22.1. The van der Waals surface area contributed by atoms with E-state index in [1.54, 1.807) is 12.1 Å². The van der Waals surface area contributed by atoms with E-state index >= 15 is 0 Å². The molecule has 57 heavy (non-hydrogen) atoms. The molecule has 0 bridgehead atoms. The number of hydrogen-bond donors (Lipinski definition) is 8. The van der Waals surface area contributed by atoms with Gasteiger partial charge in [-0.05, 0) is 60.5 Å². The zero-order chi connectivity index (χ0) is 40.6. The average molecular weight is 822 g/mol. The zero-order valence-corrected chi connectivity index (χ0v) is 33.1. The summed E-state index contributed by atoms with van der Waals surface area (Å²) in [5, 5.41) is 13.2. The molecular formula is C40H49ClN7O8P. The number of halogens is 1. The topological polar surface area (TPSA) is 230 Å². The lowest BCUT2D eigenvalue weighted by molar-refractivity contribution is -0.129. The molecule has 0 aliphatic rings. The number of phosphoric ester groups is 1. The summed E-state index contributed by atoms with van der Waals surface area (Å²) in [5.41, 5.74) is 9.83. The van der Waals surface area contributed by atoms with E-state index in [9.17, 15) is 28.6 Å². The molecule has 5 rings (SSSR count). The van der Waals surface area contributed by atoms with Crippen molar-refractivity contribution in [2.75, 3.05) is 26.2 Å². The number of aromatic nitrogens is 2. The largest absolute Gasteiger partial charge is 0.527 e. The molecule has 1 unspecified atom stereocenters. The molecule has 0 saturated carbocycles. The van der Waals surface area contributed by atoms with Crippen LogP contribution in [0.4, 0.5) is 0 Å². The van der Waals surface area contributed by atoms with Crippen molar-refractivity contribution in [1.29, 1.82) is 0 Å². The minimum Gasteiger partial charge on any atom is -0.403 e. The van der Waals surface area contributed by atoms with E-state index in [1.165, 1.54) is 12.1 Å². The number of carbonyl (C=O) groups is 4. The van der Waals surface area contributed by atoms with Gasteiger partial charge in [0.25, 0.3) is 0 Å². The van der Waals surface area contributed by atoms with Crippen molar-refractivity contribution >= 4 is 64.9 Å². The number of benzene rings is 3. The molecule has 5 aromatic rings. The smallest absolute Gasteiger partial charge is 0.403 e. The number of unbranched alkanes of at least 4 members (excludes halogenated alkanes) is 3. The van der Waals surface area contributed by atoms with Crippen LogP contribution in [0.1, 0.15) is 49.8 Å². The first-order valence-corrected chi connectivity index (χ1v) is 20.7. The molecule has 0 saturated heterocycles. The Bertz CT molecular complexity index is 2140. The summed E-state index contributed by atoms with van der Waals surface area (Å²) in [6.07, 6.45) is 5.32. The van der Waals surface area contributed by atoms with Crippen LogP contribution in [0.3, 0.4) is 0 Å². The molecule has 3 aromatic carbocycles. The van der Waals surface area contributed by atoms with E-state index in [4.69, 9.17) is 26.4 Å². The first kappa shape index (κ1) is 43.0. The molecule has 0 fully saturated rings. The van der Waals surface area contributed by atoms with Crippen LogP contribution in [0.5, 0.6) is 5.75 Å². The molecule has 0 spiro atoms. The second kappa shape index (κ2) is 21.4. The number of hydrogen-bond acceptors (Lipinski definition) is 8. The summed E-state index contributed by atoms with van der Waals surface area (Å²) in [6, 6.07) is 21.9. The number of phosphoric acid groups is 1. The van der Waals surface area contributed by atoms with Crippen LogP contribution < -0.4 is 31.5 Å². The predicted octanol–water partition coefficient (Wildman–Crippen LogP) is 4.79. The van der Waals surface area contributed by atoms with Crippen LogP contribution in [-0.2, 0) is 41.1 Å². The van der Waals surface area contributed by atoms with Crippen LogP contribution in [0.25, 0.3) is 21.8 Å². The van der Waals surface area contributed by atoms with E-state index in [0.717, 1.165) is 39.5 Å². The number of nitrogens with two attached hydrogens (primary N) is 1. The first-order valence-electron chi connectivity index (χ1n) is 18.9. The summed E-state index contributed by atoms with van der Waals surface area (Å²) in [6.45, 7) is 0.410. The lowest BCUT2D eigenvalue weighted by atomic mass is 10.0. The van der Waals surface area contributed by atoms with Crippen molar-refractivity contribution in [3.8, 4) is 5.75 Å². The van der Waals surface area contributed by atoms with Gasteiger partial charge in [-0.3, -0.25) is 28.6 Å². The Balaban J connectivity index is 0.967. The van der Waals surface area contributed by atoms with Gasteiger partial charge in [0.2, 0.25) is 23.6 Å². The third kappa shape index (κ3) is 13.8. The SMILES string of the molecule is N[C@H](Cc1cc2ccccc2[nH]1)C(=O)N[C@@H](Cc1c[nH]c2ccccc12)C(=O)NCCCC(=O)NCC(=O)NCCCCCCOP(=O)(O)Oc1ccccc1Cl. The maximum Gasteiger partial charge on any atom is 0.527 e. The van der Waals surface area contributed by atoms with Gasteiger partial charge in [0.15, 0.2) is 0 Å². The molecule has 304 valence electrons. The fourth-order valence-corrected chi connectivity index (χ4v) is 7.20. The summed E-state index contributed by atoms with van der Waals surface area (Å²) in [5.74, 6) is -1.49. The lowest BCUT2D eigenvalue weighted by Crippen LogP contribution is -2.53. The van der Waals surface area contributed by atoms with Crippen molar-refractivity contribution in [3.63, 3.8) is 0 Å². The fraction of sp³-hybridized carbons (Fsp3) is 0.350. The predicted molar refractivity (Wildman–Crippen MR) is 218 cm³/mol. The van der Waals surface area contributed by atoms with Crippen molar-refractivity contribution in [3.05, 3.63) is 101 Å². The minimum absolute atomic E-state index is 0.0181. The fourth-order valence-electron chi connectivity index (χ4n) is 6.15. The third-order valence-electron chi connectivity index (χ3n) is 9.12. The van der Waals surface area contributed by atoms with Gasteiger partial charge in [0.1, 0.15) is 11.8 Å². The maximum atomic E-state index is 13.4. The molecule has 4 amide bonds. The van der Waals surface area contributed by atoms with Gasteiger partial charge in [-0.2, -0.15) is 0 Å². The number of rotatable bonds is 23. The highest BCUT2D eigenvalue weighted by Gasteiger charge is 2.26. The van der Waals surface area contributed by atoms with Gasteiger partial charge < -0.3 is 41.5 Å². The van der Waals surface area contributed by atoms with Gasteiger partial charge in [-0.25, -0.2) is 4.57 Å². The second-order valence-corrected chi connectivity index (χ2v) is 15.4. The van der Waals surface area contributed by atoms with E-state index in [-0.39, 0.29) is 61.5 Å². The number of nitrogens with one attached hydrogen (secondary N) is 6. The Morgan fingerprint density at radius 1 is 0.807 bits per heavy atom. The lowest BCUT2D eigenvalue weighted by Gasteiger charge is -2.20. The Morgan fingerprint density at radius 2 is 1.53 bits per heavy atom. The Morgan fingerprint density at radius 3 is 2.33 bits per heavy atom. The van der Waals surface area contributed by atoms with Crippen LogP contribution in [0, 0.1) is 0 Å². The van der Waals surface area contributed by atoms with Crippen molar-refractivity contribution in [1.82, 2.24) is 31.2 Å². The molecule has 15 nitrogen and oxygen atoms in total. The number of H-pyrrole nitrogens is 2. The third-order valence-corrected chi connectivity index (χ3v) is 10.4. The molecule has 9 N–H and O–H groups in total. The van der Waals surface area contributed by atoms with Gasteiger partial charge in [-0.1, -0.05) is 73.0 Å². The number of aromatic amines is 2. The first-order chi connectivity index (χ1) is 27.5. The van der Waals surface area contributed by atoms with Crippen molar-refractivity contribution < 1.29 is 37.7 Å². The number of para-hydroxylation sites is 3. The molecule has 0 radical (unpaired) electrons. The monoisotopic (exact) mass is 821 g/mol. The summed E-state index contributed by atoms with van der Waals surface area (Å²) in [7, 11) is -4.30. The van der Waals surface area contributed by atoms with Gasteiger partial charge >= 0.3 is 7.82 Å². The Kier molecular flexibility index (Phi) is 16.1. The standard InChI is InChI=1S/C40H49ClN7O8P/c41-31-14-5-8-17-36(31)56-57(53,54)55-21-10-2-1-9-19-43-38(50)26-46-37(49)18-11-20-44-40(52)35(23-28-25-45-34-16-7-4-13-30(28)34)48-39(51)32(42)24-29-22-27-12-3-6-15-33(27)47-29/h3-8,12-17,22,25,32,35,45,47H,1-2,9-11,18-21,23-24,26,42H2,(H,43,50)(H,44,52)(H,46,49)(H,48,51)(H,53,54)/t32-,35+/m1/s1. The van der Waals surface area contributed by atoms with Crippen LogP contribution in [0.15, 0.2) is 85.1 Å². The van der Waals surface area contributed by atoms with E-state index < -0.39 is 31.7 Å². The number of fused-ring (bicyclic) bond motifs is 2. The summed E-state index contributed by atoms with van der Waals surface area (Å²) >= 11 is 5.94. The van der Waals surface area contributed by atoms with Crippen LogP contribution >= 0.6 is 19.4 Å². The minimum atomic E-state index is -4.30. The highest BCUT2D eigenvalue weighted by Crippen LogP contribution is 2.45. The van der Waals surface area contributed by atoms with E-state index in [2.05, 4.69) is 31.2 Å². The Labute approximate surface area is 335 Å². The highest BCUT2D eigenvalue weighted by molar-refractivity contribution is 7.47. The van der Waals surface area contributed by atoms with Crippen molar-refractivity contribution in [2.45, 2.75) is 63.5 Å². The molecular weight excluding hydrogens is 773 g/mol. The normalized spacial score (nSPS) is 13.4. The van der Waals surface area contributed by atoms with E-state index in [1.807, 2.05) is 60.8 Å².